The average Bonchev–Trinajstić information content (AvgIpc) is 3.13. The zero-order valence-corrected chi connectivity index (χ0v) is 15.8. The highest BCUT2D eigenvalue weighted by atomic mass is 19.4. The second-order valence-electron chi connectivity index (χ2n) is 5.99. The van der Waals surface area contributed by atoms with E-state index in [1.807, 2.05) is 0 Å². The molecule has 0 saturated carbocycles. The Bertz CT molecular complexity index is 1040. The van der Waals surface area contributed by atoms with Gasteiger partial charge >= 0.3 is 12.5 Å². The number of halogens is 6. The zero-order chi connectivity index (χ0) is 23.2. The number of H-pyrrole nitrogens is 1. The molecular formula is C19H14F6N4O2. The summed E-state index contributed by atoms with van der Waals surface area (Å²) >= 11 is 0. The topological polar surface area (TPSA) is 83.8 Å². The Morgan fingerprint density at radius 3 is 2.52 bits per heavy atom. The predicted octanol–water partition coefficient (Wildman–Crippen LogP) is 5.20. The molecule has 6 nitrogen and oxygen atoms in total. The molecule has 1 aromatic carbocycles. The normalized spacial score (nSPS) is 13.0. The van der Waals surface area contributed by atoms with Gasteiger partial charge in [0.25, 0.3) is 0 Å². The molecule has 31 heavy (non-hydrogen) atoms. The van der Waals surface area contributed by atoms with Gasteiger partial charge in [0.1, 0.15) is 24.1 Å². The van der Waals surface area contributed by atoms with Gasteiger partial charge in [-0.15, -0.1) is 18.3 Å². The van der Waals surface area contributed by atoms with Gasteiger partial charge in [0.15, 0.2) is 5.69 Å². The summed E-state index contributed by atoms with van der Waals surface area (Å²) in [6, 6.07) is 6.51. The largest absolute Gasteiger partial charge is 0.573 e. The van der Waals surface area contributed by atoms with Crippen molar-refractivity contribution in [1.29, 1.82) is 5.26 Å². The van der Waals surface area contributed by atoms with E-state index < -0.39 is 23.9 Å². The van der Waals surface area contributed by atoms with Gasteiger partial charge in [-0.2, -0.15) is 28.7 Å². The third kappa shape index (κ3) is 7.22. The molecule has 1 aromatic heterocycles. The van der Waals surface area contributed by atoms with Gasteiger partial charge in [0.05, 0.1) is 11.3 Å². The van der Waals surface area contributed by atoms with E-state index in [1.165, 1.54) is 19.1 Å². The second kappa shape index (κ2) is 9.38. The highest BCUT2D eigenvalue weighted by Crippen LogP contribution is 2.31. The molecule has 1 heterocycles. The standard InChI is InChI=1S/C19H14F6N4O2/c1-11(17-16(9-26)27-29-28-17)6-14(18(20,21)22)7-12(2)30-10-13-4-3-5-15(8-13)31-19(23,24)25/h3-8H,1,10H2,2H3,(H,27,28,29)/b12-7+,14-6+. The first-order valence-electron chi connectivity index (χ1n) is 8.34. The fourth-order valence-electron chi connectivity index (χ4n) is 2.28. The highest BCUT2D eigenvalue weighted by Gasteiger charge is 2.33. The SMILES string of the molecule is C=C(/C=C(\C=C(/C)OCc1cccc(OC(F)(F)F)c1)C(F)(F)F)c1n[nH]nc1C#N. The minimum Gasteiger partial charge on any atom is -0.494 e. The smallest absolute Gasteiger partial charge is 0.494 e. The molecule has 0 fully saturated rings. The second-order valence-corrected chi connectivity index (χ2v) is 5.99. The molecule has 0 saturated heterocycles. The van der Waals surface area contributed by atoms with E-state index in [1.54, 1.807) is 6.07 Å². The fourth-order valence-corrected chi connectivity index (χ4v) is 2.28. The van der Waals surface area contributed by atoms with Crippen molar-refractivity contribution in [1.82, 2.24) is 15.4 Å². The van der Waals surface area contributed by atoms with Crippen molar-refractivity contribution in [2.24, 2.45) is 0 Å². The Hall–Kier alpha value is -3.75. The zero-order valence-electron chi connectivity index (χ0n) is 15.8. The lowest BCUT2D eigenvalue weighted by Crippen LogP contribution is -2.17. The van der Waals surface area contributed by atoms with Crippen LogP contribution < -0.4 is 4.74 Å². The molecule has 0 radical (unpaired) electrons. The van der Waals surface area contributed by atoms with Gasteiger partial charge in [-0.3, -0.25) is 0 Å². The summed E-state index contributed by atoms with van der Waals surface area (Å²) in [6.45, 7) is 4.42. The van der Waals surface area contributed by atoms with Crippen molar-refractivity contribution in [3.63, 3.8) is 0 Å². The summed E-state index contributed by atoms with van der Waals surface area (Å²) in [5.41, 5.74) is -1.47. The van der Waals surface area contributed by atoms with E-state index in [0.717, 1.165) is 12.1 Å². The van der Waals surface area contributed by atoms with Crippen LogP contribution >= 0.6 is 0 Å². The van der Waals surface area contributed by atoms with Gasteiger partial charge in [-0.1, -0.05) is 18.7 Å². The minimum atomic E-state index is -4.88. The number of nitrogens with zero attached hydrogens (tertiary/aromatic N) is 3. The maximum Gasteiger partial charge on any atom is 0.573 e. The number of hydrogen-bond acceptors (Lipinski definition) is 5. The number of nitrogens with one attached hydrogen (secondary N) is 1. The monoisotopic (exact) mass is 444 g/mol. The molecule has 1 N–H and O–H groups in total. The molecule has 2 aromatic rings. The summed E-state index contributed by atoms with van der Waals surface area (Å²) < 4.78 is 86.1. The molecule has 0 aliphatic rings. The number of alkyl halides is 6. The summed E-state index contributed by atoms with van der Waals surface area (Å²) in [5.74, 6) is -0.650. The first kappa shape index (κ1) is 23.5. The van der Waals surface area contributed by atoms with Crippen molar-refractivity contribution >= 4 is 5.57 Å². The van der Waals surface area contributed by atoms with Gasteiger partial charge in [0, 0.05) is 0 Å². The summed E-state index contributed by atoms with van der Waals surface area (Å²) in [7, 11) is 0. The van der Waals surface area contributed by atoms with E-state index in [9.17, 15) is 26.3 Å². The lowest BCUT2D eigenvalue weighted by atomic mass is 10.1. The summed E-state index contributed by atoms with van der Waals surface area (Å²) in [4.78, 5) is 0. The van der Waals surface area contributed by atoms with E-state index in [-0.39, 0.29) is 34.9 Å². The number of aromatic nitrogens is 3. The van der Waals surface area contributed by atoms with Crippen molar-refractivity contribution in [2.75, 3.05) is 0 Å². The lowest BCUT2D eigenvalue weighted by Gasteiger charge is -2.12. The molecule has 0 aliphatic heterocycles. The summed E-state index contributed by atoms with van der Waals surface area (Å²) in [6.07, 6.45) is -8.30. The Balaban J connectivity index is 2.17. The molecule has 12 heteroatoms. The van der Waals surface area contributed by atoms with Crippen LogP contribution in [0.3, 0.4) is 0 Å². The lowest BCUT2D eigenvalue weighted by molar-refractivity contribution is -0.274. The van der Waals surface area contributed by atoms with Crippen LogP contribution in [0.25, 0.3) is 5.57 Å². The van der Waals surface area contributed by atoms with Crippen LogP contribution in [0.15, 0.2) is 54.3 Å². The molecule has 0 unspecified atom stereocenters. The molecule has 0 bridgehead atoms. The van der Waals surface area contributed by atoms with E-state index >= 15 is 0 Å². The van der Waals surface area contributed by atoms with Crippen LogP contribution in [0.1, 0.15) is 23.9 Å². The van der Waals surface area contributed by atoms with Crippen LogP contribution in [-0.2, 0) is 11.3 Å². The third-order valence-corrected chi connectivity index (χ3v) is 3.57. The molecular weight excluding hydrogens is 430 g/mol. The molecule has 0 spiro atoms. The first-order chi connectivity index (χ1) is 14.4. The Morgan fingerprint density at radius 2 is 1.90 bits per heavy atom. The van der Waals surface area contributed by atoms with Gasteiger partial charge in [0.2, 0.25) is 0 Å². The Morgan fingerprint density at radius 1 is 1.19 bits per heavy atom. The van der Waals surface area contributed by atoms with Gasteiger partial charge in [-0.05, 0) is 42.3 Å². The predicted molar refractivity (Wildman–Crippen MR) is 95.9 cm³/mol. The van der Waals surface area contributed by atoms with E-state index in [0.29, 0.717) is 12.2 Å². The number of allylic oxidation sites excluding steroid dienone is 5. The first-order valence-corrected chi connectivity index (χ1v) is 8.34. The van der Waals surface area contributed by atoms with Crippen LogP contribution in [0.2, 0.25) is 0 Å². The quantitative estimate of drug-likeness (QED) is 0.361. The Labute approximate surface area is 172 Å². The average molecular weight is 444 g/mol. The Kier molecular flexibility index (Phi) is 7.12. The number of ether oxygens (including phenoxy) is 2. The minimum absolute atomic E-state index is 0.141. The van der Waals surface area contributed by atoms with Crippen LogP contribution in [0.5, 0.6) is 5.75 Å². The molecule has 0 atom stereocenters. The maximum absolute atomic E-state index is 13.4. The third-order valence-electron chi connectivity index (χ3n) is 3.57. The number of rotatable bonds is 7. The van der Waals surface area contributed by atoms with Crippen molar-refractivity contribution in [3.8, 4) is 11.8 Å². The van der Waals surface area contributed by atoms with Gasteiger partial charge in [-0.25, -0.2) is 0 Å². The molecule has 0 amide bonds. The maximum atomic E-state index is 13.4. The van der Waals surface area contributed by atoms with Crippen molar-refractivity contribution < 1.29 is 35.8 Å². The van der Waals surface area contributed by atoms with Gasteiger partial charge < -0.3 is 9.47 Å². The van der Waals surface area contributed by atoms with Crippen molar-refractivity contribution in [3.05, 3.63) is 71.3 Å². The number of benzene rings is 1. The fraction of sp³-hybridized carbons (Fsp3) is 0.211. The molecule has 0 aliphatic carbocycles. The van der Waals surface area contributed by atoms with E-state index in [4.69, 9.17) is 10.00 Å². The highest BCUT2D eigenvalue weighted by molar-refractivity contribution is 5.73. The number of aromatic amines is 1. The van der Waals surface area contributed by atoms with Crippen LogP contribution in [0.4, 0.5) is 26.3 Å². The van der Waals surface area contributed by atoms with Crippen LogP contribution in [0, 0.1) is 11.3 Å². The van der Waals surface area contributed by atoms with Crippen LogP contribution in [-0.4, -0.2) is 27.9 Å². The number of nitriles is 1. The molecule has 2 rings (SSSR count). The number of hydrogen-bond donors (Lipinski definition) is 1. The van der Waals surface area contributed by atoms with E-state index in [2.05, 4.69) is 26.7 Å². The van der Waals surface area contributed by atoms with Crippen molar-refractivity contribution in [2.45, 2.75) is 26.1 Å². The summed E-state index contributed by atoms with van der Waals surface area (Å²) in [5, 5.41) is 18.1. The molecule has 164 valence electrons.